The number of nitrogens with one attached hydrogen (secondary N) is 3. The molecule has 1 atom stereocenters. The molecule has 3 N–H and O–H groups in total. The van der Waals surface area contributed by atoms with Gasteiger partial charge >= 0.3 is 5.97 Å². The summed E-state index contributed by atoms with van der Waals surface area (Å²) in [6, 6.07) is 15.7. The number of nitriles is 1. The van der Waals surface area contributed by atoms with Gasteiger partial charge in [-0.25, -0.2) is 4.79 Å². The highest BCUT2D eigenvalue weighted by Gasteiger charge is 2.30. The zero-order valence-corrected chi connectivity index (χ0v) is 27.5. The molecule has 1 heterocycles. The Balaban J connectivity index is 1.54. The zero-order chi connectivity index (χ0) is 33.6. The van der Waals surface area contributed by atoms with Crippen molar-refractivity contribution >= 4 is 46.0 Å². The molecule has 1 aliphatic rings. The van der Waals surface area contributed by atoms with Crippen molar-refractivity contribution in [3.8, 4) is 6.07 Å². The molecule has 0 radical (unpaired) electrons. The molecule has 0 unspecified atom stereocenters. The van der Waals surface area contributed by atoms with E-state index < -0.39 is 23.5 Å². The number of ether oxygens (including phenoxy) is 1. The number of esters is 1. The Bertz CT molecular complexity index is 1620. The minimum atomic E-state index is -0.904. The largest absolute Gasteiger partial charge is 0.455 e. The first kappa shape index (κ1) is 34.2. The van der Waals surface area contributed by atoms with Gasteiger partial charge in [0, 0.05) is 47.6 Å². The highest BCUT2D eigenvalue weighted by atomic mass is 16.6. The number of rotatable bonds is 10. The summed E-state index contributed by atoms with van der Waals surface area (Å²) in [7, 11) is 5.36. The second-order valence-electron chi connectivity index (χ2n) is 13.3. The molecular weight excluding hydrogens is 584 g/mol. The average molecular weight is 629 g/mol. The van der Waals surface area contributed by atoms with Crippen molar-refractivity contribution in [1.29, 1.82) is 5.26 Å². The van der Waals surface area contributed by atoms with Crippen LogP contribution in [0.25, 0.3) is 10.9 Å². The summed E-state index contributed by atoms with van der Waals surface area (Å²) < 4.78 is 5.47. The molecule has 0 spiro atoms. The van der Waals surface area contributed by atoms with Crippen LogP contribution in [0, 0.1) is 23.2 Å². The quantitative estimate of drug-likeness (QED) is 0.277. The predicted octanol–water partition coefficient (Wildman–Crippen LogP) is 4.64. The van der Waals surface area contributed by atoms with E-state index in [0.717, 1.165) is 5.56 Å². The van der Waals surface area contributed by atoms with Gasteiger partial charge in [-0.1, -0.05) is 12.1 Å². The monoisotopic (exact) mass is 628 g/mol. The number of hydrogen-bond donors (Lipinski definition) is 3. The predicted molar refractivity (Wildman–Crippen MR) is 177 cm³/mol. The van der Waals surface area contributed by atoms with E-state index >= 15 is 0 Å². The number of likely N-dealkylation sites (N-methyl/N-ethyl adjacent to an activating group) is 2. The molecule has 2 aromatic carbocycles. The van der Waals surface area contributed by atoms with Gasteiger partial charge < -0.3 is 30.2 Å². The first-order chi connectivity index (χ1) is 21.7. The number of hydrogen-bond acceptors (Lipinski definition) is 7. The Labute approximate surface area is 270 Å². The van der Waals surface area contributed by atoms with Crippen LogP contribution in [0.5, 0.6) is 0 Å². The van der Waals surface area contributed by atoms with E-state index in [-0.39, 0.29) is 36.6 Å². The van der Waals surface area contributed by atoms with Crippen LogP contribution < -0.4 is 15.5 Å². The molecule has 0 aliphatic heterocycles. The molecule has 11 heteroatoms. The summed E-state index contributed by atoms with van der Waals surface area (Å²) in [6.07, 6.45) is 2.70. The summed E-state index contributed by atoms with van der Waals surface area (Å²) in [6.45, 7) is 5.65. The van der Waals surface area contributed by atoms with E-state index in [9.17, 15) is 24.4 Å². The summed E-state index contributed by atoms with van der Waals surface area (Å²) >= 11 is 0. The molecular formula is C35H44N6O5. The fraction of sp³-hybridized carbons (Fsp3) is 0.457. The number of aromatic nitrogens is 1. The first-order valence-corrected chi connectivity index (χ1v) is 15.6. The smallest absolute Gasteiger partial charge is 0.355 e. The van der Waals surface area contributed by atoms with Crippen molar-refractivity contribution in [2.24, 2.45) is 11.8 Å². The second kappa shape index (κ2) is 14.6. The molecule has 46 heavy (non-hydrogen) atoms. The Morgan fingerprint density at radius 1 is 1.02 bits per heavy atom. The number of anilines is 2. The zero-order valence-electron chi connectivity index (χ0n) is 27.5. The SMILES string of the molecule is CN(C)CC(=O)N(C)c1cccc(C[C@H](NC(=O)C2CCC(C#N)CC2)C(=O)Nc2ccc3[nH]c(C(=O)OC(C)(C)C)cc3c2)c1. The molecule has 244 valence electrons. The maximum Gasteiger partial charge on any atom is 0.355 e. The highest BCUT2D eigenvalue weighted by Crippen LogP contribution is 2.29. The van der Waals surface area contributed by atoms with Crippen LogP contribution in [0.3, 0.4) is 0 Å². The summed E-state index contributed by atoms with van der Waals surface area (Å²) in [4.78, 5) is 58.8. The normalized spacial score (nSPS) is 17.2. The molecule has 0 bridgehead atoms. The molecule has 0 saturated heterocycles. The number of H-pyrrole nitrogens is 1. The number of carbonyl (C=O) groups is 4. The van der Waals surface area contributed by atoms with Gasteiger partial charge in [0.25, 0.3) is 0 Å². The van der Waals surface area contributed by atoms with Crippen molar-refractivity contribution < 1.29 is 23.9 Å². The standard InChI is InChI=1S/C35H44N6O5/c1-35(2,3)46-34(45)30-19-25-18-26(14-15-28(25)38-30)37-33(44)29(39-32(43)24-12-10-22(20-36)11-13-24)17-23-8-7-9-27(16-23)41(6)31(42)21-40(4)5/h7-9,14-16,18-19,22,24,29,38H,10-13,17,21H2,1-6H3,(H,37,44)(H,39,43)/t22?,24?,29-/m0/s1. The van der Waals surface area contributed by atoms with E-state index in [1.54, 1.807) is 61.9 Å². The molecule has 1 aromatic heterocycles. The Morgan fingerprint density at radius 3 is 2.39 bits per heavy atom. The maximum absolute atomic E-state index is 13.8. The number of amides is 3. The van der Waals surface area contributed by atoms with Crippen LogP contribution in [0.15, 0.2) is 48.5 Å². The number of fused-ring (bicyclic) bond motifs is 1. The lowest BCUT2D eigenvalue weighted by molar-refractivity contribution is -0.130. The Kier molecular flexibility index (Phi) is 10.9. The van der Waals surface area contributed by atoms with Crippen LogP contribution in [0.2, 0.25) is 0 Å². The van der Waals surface area contributed by atoms with Gasteiger partial charge in [-0.3, -0.25) is 14.4 Å². The lowest BCUT2D eigenvalue weighted by Crippen LogP contribution is -2.47. The molecule has 1 fully saturated rings. The fourth-order valence-electron chi connectivity index (χ4n) is 5.51. The van der Waals surface area contributed by atoms with Crippen molar-refractivity contribution in [1.82, 2.24) is 15.2 Å². The van der Waals surface area contributed by atoms with E-state index in [2.05, 4.69) is 21.7 Å². The van der Waals surface area contributed by atoms with Crippen LogP contribution >= 0.6 is 0 Å². The van der Waals surface area contributed by atoms with Crippen LogP contribution in [0.1, 0.15) is 62.5 Å². The lowest BCUT2D eigenvalue weighted by atomic mass is 9.82. The summed E-state index contributed by atoms with van der Waals surface area (Å²) in [5, 5.41) is 15.9. The number of aromatic amines is 1. The van der Waals surface area contributed by atoms with Crippen molar-refractivity contribution in [3.63, 3.8) is 0 Å². The van der Waals surface area contributed by atoms with Crippen LogP contribution in [-0.4, -0.2) is 72.9 Å². The van der Waals surface area contributed by atoms with Crippen molar-refractivity contribution in [3.05, 3.63) is 59.8 Å². The van der Waals surface area contributed by atoms with Gasteiger partial charge in [0.2, 0.25) is 17.7 Å². The molecule has 3 amide bonds. The van der Waals surface area contributed by atoms with Gasteiger partial charge in [-0.2, -0.15) is 5.26 Å². The molecule has 11 nitrogen and oxygen atoms in total. The maximum atomic E-state index is 13.8. The molecule has 1 aliphatic carbocycles. The second-order valence-corrected chi connectivity index (χ2v) is 13.3. The van der Waals surface area contributed by atoms with Crippen molar-refractivity contribution in [2.45, 2.75) is 64.5 Å². The van der Waals surface area contributed by atoms with E-state index in [0.29, 0.717) is 53.7 Å². The lowest BCUT2D eigenvalue weighted by Gasteiger charge is -2.27. The summed E-state index contributed by atoms with van der Waals surface area (Å²) in [5.74, 6) is -1.48. The van der Waals surface area contributed by atoms with Gasteiger partial charge in [0.05, 0.1) is 12.6 Å². The highest BCUT2D eigenvalue weighted by molar-refractivity contribution is 6.01. The van der Waals surface area contributed by atoms with E-state index in [1.165, 1.54) is 0 Å². The van der Waals surface area contributed by atoms with E-state index in [4.69, 9.17) is 4.74 Å². The minimum absolute atomic E-state index is 0.0442. The molecule has 4 rings (SSSR count). The molecule has 1 saturated carbocycles. The van der Waals surface area contributed by atoms with Crippen molar-refractivity contribution in [2.75, 3.05) is 37.9 Å². The third kappa shape index (κ3) is 9.17. The van der Waals surface area contributed by atoms with Gasteiger partial charge in [-0.15, -0.1) is 0 Å². The topological polar surface area (TPSA) is 148 Å². The minimum Gasteiger partial charge on any atom is -0.455 e. The van der Waals surface area contributed by atoms with E-state index in [1.807, 2.05) is 38.4 Å². The number of benzene rings is 2. The Hall–Kier alpha value is -4.69. The van der Waals surface area contributed by atoms with Gasteiger partial charge in [0.1, 0.15) is 17.3 Å². The molecule has 3 aromatic rings. The van der Waals surface area contributed by atoms with Crippen LogP contribution in [-0.2, 0) is 25.5 Å². The Morgan fingerprint density at radius 2 is 1.74 bits per heavy atom. The number of carbonyl (C=O) groups excluding carboxylic acids is 4. The van der Waals surface area contributed by atoms with Gasteiger partial charge in [-0.05, 0) is 103 Å². The third-order valence-electron chi connectivity index (χ3n) is 7.98. The summed E-state index contributed by atoms with van der Waals surface area (Å²) in [5.41, 5.74) is 2.34. The van der Waals surface area contributed by atoms with Gasteiger partial charge in [0.15, 0.2) is 0 Å². The third-order valence-corrected chi connectivity index (χ3v) is 7.98. The average Bonchev–Trinajstić information content (AvgIpc) is 3.43. The first-order valence-electron chi connectivity index (χ1n) is 15.6. The number of nitrogens with zero attached hydrogens (tertiary/aromatic N) is 3. The fourth-order valence-corrected chi connectivity index (χ4v) is 5.51. The van der Waals surface area contributed by atoms with Crippen LogP contribution in [0.4, 0.5) is 11.4 Å².